The highest BCUT2D eigenvalue weighted by atomic mass is 35.5. The molecule has 0 atom stereocenters. The summed E-state index contributed by atoms with van der Waals surface area (Å²) in [4.78, 5) is 45.8. The largest absolute Gasteiger partial charge is 0.463 e. The highest BCUT2D eigenvalue weighted by molar-refractivity contribution is 6.31. The molecule has 1 aliphatic carbocycles. The van der Waals surface area contributed by atoms with E-state index in [0.29, 0.717) is 35.4 Å². The lowest BCUT2D eigenvalue weighted by molar-refractivity contribution is -0.159. The molecule has 3 N–H and O–H groups in total. The maximum absolute atomic E-state index is 13.6. The zero-order valence-electron chi connectivity index (χ0n) is 21.6. The van der Waals surface area contributed by atoms with Crippen molar-refractivity contribution in [3.8, 4) is 0 Å². The fourth-order valence-electron chi connectivity index (χ4n) is 4.73. The summed E-state index contributed by atoms with van der Waals surface area (Å²) in [5, 5.41) is 6.54. The SMILES string of the molecule is CC1(C)COC(=O)CN1CC=CC(=O)Nc1cc2c(Nc3ccc(F)c(Cl)c3)nc(=O)[nH]c2cc1C1CCC1. The molecule has 204 valence electrons. The van der Waals surface area contributed by atoms with Gasteiger partial charge in [-0.05, 0) is 68.5 Å². The zero-order chi connectivity index (χ0) is 27.7. The van der Waals surface area contributed by atoms with Gasteiger partial charge in [-0.15, -0.1) is 0 Å². The molecule has 11 heteroatoms. The van der Waals surface area contributed by atoms with E-state index in [-0.39, 0.29) is 40.7 Å². The summed E-state index contributed by atoms with van der Waals surface area (Å²) < 4.78 is 18.8. The summed E-state index contributed by atoms with van der Waals surface area (Å²) in [5.74, 6) is -0.644. The van der Waals surface area contributed by atoms with Crippen molar-refractivity contribution in [2.24, 2.45) is 0 Å². The summed E-state index contributed by atoms with van der Waals surface area (Å²) in [5.41, 5.74) is 1.72. The lowest BCUT2D eigenvalue weighted by Crippen LogP contribution is -2.54. The number of carbonyl (C=O) groups excluding carboxylic acids is 2. The van der Waals surface area contributed by atoms with Gasteiger partial charge in [0, 0.05) is 29.4 Å². The first-order valence-electron chi connectivity index (χ1n) is 12.8. The van der Waals surface area contributed by atoms with Crippen LogP contribution in [0.1, 0.15) is 44.6 Å². The van der Waals surface area contributed by atoms with E-state index in [1.165, 1.54) is 24.3 Å². The minimum absolute atomic E-state index is 0.0639. The van der Waals surface area contributed by atoms with Crippen LogP contribution in [0.15, 0.2) is 47.3 Å². The number of hydrogen-bond donors (Lipinski definition) is 3. The number of fused-ring (bicyclic) bond motifs is 1. The minimum Gasteiger partial charge on any atom is -0.463 e. The van der Waals surface area contributed by atoms with Gasteiger partial charge >= 0.3 is 11.7 Å². The molecule has 1 aromatic heterocycles. The highest BCUT2D eigenvalue weighted by Crippen LogP contribution is 2.42. The quantitative estimate of drug-likeness (QED) is 0.282. The molecule has 39 heavy (non-hydrogen) atoms. The molecule has 0 radical (unpaired) electrons. The summed E-state index contributed by atoms with van der Waals surface area (Å²) in [6.45, 7) is 4.84. The first-order chi connectivity index (χ1) is 18.6. The number of amides is 1. The third-order valence-electron chi connectivity index (χ3n) is 7.24. The van der Waals surface area contributed by atoms with Gasteiger partial charge in [-0.25, -0.2) is 9.18 Å². The van der Waals surface area contributed by atoms with Crippen LogP contribution in [0, 0.1) is 5.82 Å². The van der Waals surface area contributed by atoms with Crippen LogP contribution in [0.4, 0.5) is 21.6 Å². The summed E-state index contributed by atoms with van der Waals surface area (Å²) in [6.07, 6.45) is 6.24. The molecule has 2 aliphatic rings. The normalized spacial score (nSPS) is 17.7. The van der Waals surface area contributed by atoms with Crippen LogP contribution in [0.25, 0.3) is 10.9 Å². The van der Waals surface area contributed by atoms with E-state index in [2.05, 4.69) is 20.6 Å². The van der Waals surface area contributed by atoms with Crippen molar-refractivity contribution in [3.05, 3.63) is 69.4 Å². The van der Waals surface area contributed by atoms with Crippen LogP contribution in [-0.4, -0.2) is 52.0 Å². The van der Waals surface area contributed by atoms with Gasteiger partial charge in [0.1, 0.15) is 18.2 Å². The van der Waals surface area contributed by atoms with Crippen LogP contribution in [0.5, 0.6) is 0 Å². The number of nitrogens with zero attached hydrogens (tertiary/aromatic N) is 2. The number of cyclic esters (lactones) is 1. The number of H-pyrrole nitrogens is 1. The third-order valence-corrected chi connectivity index (χ3v) is 7.53. The van der Waals surface area contributed by atoms with Crippen molar-refractivity contribution in [1.29, 1.82) is 0 Å². The van der Waals surface area contributed by atoms with Crippen LogP contribution in [-0.2, 0) is 14.3 Å². The maximum Gasteiger partial charge on any atom is 0.347 e. The predicted octanol–water partition coefficient (Wildman–Crippen LogP) is 4.86. The average molecular weight is 554 g/mol. The molecule has 2 aromatic carbocycles. The number of carbonyl (C=O) groups is 2. The summed E-state index contributed by atoms with van der Waals surface area (Å²) in [6, 6.07) is 7.79. The number of esters is 1. The number of benzene rings is 2. The molecule has 9 nitrogen and oxygen atoms in total. The predicted molar refractivity (Wildman–Crippen MR) is 148 cm³/mol. The van der Waals surface area contributed by atoms with E-state index < -0.39 is 11.5 Å². The Morgan fingerprint density at radius 1 is 1.28 bits per heavy atom. The van der Waals surface area contributed by atoms with Crippen molar-refractivity contribution >= 4 is 51.6 Å². The van der Waals surface area contributed by atoms with Gasteiger partial charge in [-0.1, -0.05) is 24.1 Å². The Hall–Kier alpha value is -3.76. The number of halogens is 2. The highest BCUT2D eigenvalue weighted by Gasteiger charge is 2.34. The Balaban J connectivity index is 1.42. The molecule has 2 fully saturated rings. The van der Waals surface area contributed by atoms with E-state index in [1.54, 1.807) is 12.1 Å². The number of hydrogen-bond acceptors (Lipinski definition) is 7. The summed E-state index contributed by atoms with van der Waals surface area (Å²) >= 11 is 5.92. The third kappa shape index (κ3) is 5.97. The maximum atomic E-state index is 13.6. The van der Waals surface area contributed by atoms with Gasteiger partial charge in [-0.2, -0.15) is 4.98 Å². The molecule has 0 unspecified atom stereocenters. The van der Waals surface area contributed by atoms with Gasteiger partial charge in [0.25, 0.3) is 0 Å². The Labute approximate surface area is 229 Å². The van der Waals surface area contributed by atoms with Gasteiger partial charge in [0.05, 0.1) is 22.6 Å². The van der Waals surface area contributed by atoms with Gasteiger partial charge in [0.2, 0.25) is 5.91 Å². The van der Waals surface area contributed by atoms with Gasteiger partial charge in [-0.3, -0.25) is 14.5 Å². The standard InChI is InChI=1S/C28H29ClFN5O4/c1-28(2)15-39-25(37)14-35(28)10-4-7-24(36)32-22-13-19-23(12-18(22)16-5-3-6-16)33-27(38)34-26(19)31-17-8-9-21(30)20(29)11-17/h4,7-9,11-13,16H,3,5-6,10,14-15H2,1-2H3,(H,32,36)(H2,31,33,34,38). The topological polar surface area (TPSA) is 116 Å². The number of ether oxygens (including phenoxy) is 1. The molecular weight excluding hydrogens is 525 g/mol. The molecule has 1 saturated carbocycles. The fraction of sp³-hybridized carbons (Fsp3) is 0.357. The van der Waals surface area contributed by atoms with E-state index in [4.69, 9.17) is 16.3 Å². The van der Waals surface area contributed by atoms with E-state index in [0.717, 1.165) is 24.8 Å². The number of aromatic nitrogens is 2. The first kappa shape index (κ1) is 26.8. The van der Waals surface area contributed by atoms with E-state index in [9.17, 15) is 18.8 Å². The van der Waals surface area contributed by atoms with Crippen LogP contribution in [0.2, 0.25) is 5.02 Å². The number of nitrogens with one attached hydrogen (secondary N) is 3. The van der Waals surface area contributed by atoms with Crippen LogP contribution in [0.3, 0.4) is 0 Å². The Morgan fingerprint density at radius 3 is 2.79 bits per heavy atom. The Bertz CT molecular complexity index is 1530. The fourth-order valence-corrected chi connectivity index (χ4v) is 4.91. The van der Waals surface area contributed by atoms with Gasteiger partial charge in [0.15, 0.2) is 0 Å². The molecule has 1 amide bonds. The Morgan fingerprint density at radius 2 is 2.08 bits per heavy atom. The summed E-state index contributed by atoms with van der Waals surface area (Å²) in [7, 11) is 0. The van der Waals surface area contributed by atoms with Crippen molar-refractivity contribution in [2.45, 2.75) is 44.6 Å². The molecule has 3 aromatic rings. The lowest BCUT2D eigenvalue weighted by Gasteiger charge is -2.40. The second-order valence-electron chi connectivity index (χ2n) is 10.5. The monoisotopic (exact) mass is 553 g/mol. The van der Waals surface area contributed by atoms with E-state index in [1.807, 2.05) is 24.8 Å². The second-order valence-corrected chi connectivity index (χ2v) is 10.9. The van der Waals surface area contributed by atoms with Crippen LogP contribution < -0.4 is 16.3 Å². The lowest BCUT2D eigenvalue weighted by atomic mass is 9.79. The smallest absolute Gasteiger partial charge is 0.347 e. The van der Waals surface area contributed by atoms with Gasteiger partial charge < -0.3 is 20.4 Å². The molecule has 0 bridgehead atoms. The molecule has 2 heterocycles. The van der Waals surface area contributed by atoms with Crippen molar-refractivity contribution in [3.63, 3.8) is 0 Å². The zero-order valence-corrected chi connectivity index (χ0v) is 22.4. The molecule has 5 rings (SSSR count). The first-order valence-corrected chi connectivity index (χ1v) is 13.1. The second kappa shape index (κ2) is 10.8. The van der Waals surface area contributed by atoms with E-state index >= 15 is 0 Å². The number of aromatic amines is 1. The molecular formula is C28H29ClFN5O4. The molecule has 0 spiro atoms. The van der Waals surface area contributed by atoms with Crippen molar-refractivity contribution < 1.29 is 18.7 Å². The van der Waals surface area contributed by atoms with Crippen molar-refractivity contribution in [1.82, 2.24) is 14.9 Å². The average Bonchev–Trinajstić information content (AvgIpc) is 2.83. The molecule has 1 saturated heterocycles. The minimum atomic E-state index is -0.557. The molecule has 1 aliphatic heterocycles. The number of anilines is 3. The Kier molecular flexibility index (Phi) is 7.42. The van der Waals surface area contributed by atoms with Crippen LogP contribution >= 0.6 is 11.6 Å². The van der Waals surface area contributed by atoms with Crippen molar-refractivity contribution in [2.75, 3.05) is 30.3 Å². The number of rotatable bonds is 7. The number of morpholine rings is 1.